The molecule has 0 aromatic heterocycles. The molecule has 1 aromatic rings. The van der Waals surface area contributed by atoms with Crippen LogP contribution in [0.4, 0.5) is 0 Å². The predicted molar refractivity (Wildman–Crippen MR) is 89.4 cm³/mol. The van der Waals surface area contributed by atoms with Crippen LogP contribution in [0.5, 0.6) is 0 Å². The molecule has 1 aliphatic rings. The summed E-state index contributed by atoms with van der Waals surface area (Å²) in [6.45, 7) is 0.497. The number of rotatable bonds is 4. The van der Waals surface area contributed by atoms with Crippen LogP contribution in [0, 0.1) is 0 Å². The fraction of sp³-hybridized carbons (Fsp3) is 0.625. The molecule has 4 N–H and O–H groups in total. The summed E-state index contributed by atoms with van der Waals surface area (Å²) in [5.74, 6) is 0. The average Bonchev–Trinajstić information content (AvgIpc) is 2.45. The Morgan fingerprint density at radius 1 is 1.05 bits per heavy atom. The van der Waals surface area contributed by atoms with Crippen molar-refractivity contribution in [2.75, 3.05) is 31.9 Å². The SMILES string of the molecule is CS(C)(C)c1ccc(CN2C[C@H](O)[C@@H](O)[C@H](O)[C@H]2CO)cc1. The van der Waals surface area contributed by atoms with Gasteiger partial charge in [-0.1, -0.05) is 12.1 Å². The monoisotopic (exact) mass is 329 g/mol. The largest absolute Gasteiger partial charge is 0.395 e. The van der Waals surface area contributed by atoms with Gasteiger partial charge in [-0.3, -0.25) is 4.90 Å². The van der Waals surface area contributed by atoms with E-state index >= 15 is 0 Å². The second kappa shape index (κ2) is 6.86. The highest BCUT2D eigenvalue weighted by Gasteiger charge is 2.40. The normalized spacial score (nSPS) is 31.2. The zero-order valence-electron chi connectivity index (χ0n) is 13.4. The van der Waals surface area contributed by atoms with Crippen LogP contribution in [0.25, 0.3) is 0 Å². The highest BCUT2D eigenvalue weighted by atomic mass is 32.3. The number of hydrogen-bond donors (Lipinski definition) is 4. The van der Waals surface area contributed by atoms with Crippen molar-refractivity contribution in [1.82, 2.24) is 4.90 Å². The van der Waals surface area contributed by atoms with Crippen molar-refractivity contribution in [3.8, 4) is 0 Å². The number of aliphatic hydroxyl groups excluding tert-OH is 4. The maximum Gasteiger partial charge on any atom is 0.109 e. The van der Waals surface area contributed by atoms with E-state index < -0.39 is 34.4 Å². The first-order valence-electron chi connectivity index (χ1n) is 7.40. The minimum atomic E-state index is -1.21. The molecule has 0 radical (unpaired) electrons. The van der Waals surface area contributed by atoms with Crippen molar-refractivity contribution in [1.29, 1.82) is 0 Å². The van der Waals surface area contributed by atoms with E-state index in [9.17, 15) is 20.4 Å². The quantitative estimate of drug-likeness (QED) is 0.625. The van der Waals surface area contributed by atoms with Gasteiger partial charge in [-0.2, -0.15) is 0 Å². The molecule has 1 aromatic carbocycles. The van der Waals surface area contributed by atoms with Gasteiger partial charge in [-0.05, 0) is 41.4 Å². The minimum absolute atomic E-state index is 0.232. The minimum Gasteiger partial charge on any atom is -0.395 e. The van der Waals surface area contributed by atoms with Crippen molar-refractivity contribution < 1.29 is 20.4 Å². The second-order valence-corrected chi connectivity index (χ2v) is 10.9. The Kier molecular flexibility index (Phi) is 5.53. The van der Waals surface area contributed by atoms with E-state index in [1.54, 1.807) is 0 Å². The summed E-state index contributed by atoms with van der Waals surface area (Å²) in [5, 5.41) is 39.0. The first-order valence-corrected chi connectivity index (χ1v) is 10.3. The first kappa shape index (κ1) is 17.7. The summed E-state index contributed by atoms with van der Waals surface area (Å²) in [6, 6.07) is 7.76. The zero-order chi connectivity index (χ0) is 16.5. The van der Waals surface area contributed by atoms with Crippen molar-refractivity contribution in [3.05, 3.63) is 29.8 Å². The van der Waals surface area contributed by atoms with Gasteiger partial charge in [0.2, 0.25) is 0 Å². The molecule has 4 atom stereocenters. The molecule has 1 heterocycles. The molecule has 0 unspecified atom stereocenters. The molecule has 126 valence electrons. The first-order chi connectivity index (χ1) is 10.2. The van der Waals surface area contributed by atoms with E-state index in [1.165, 1.54) is 4.90 Å². The van der Waals surface area contributed by atoms with Gasteiger partial charge < -0.3 is 20.4 Å². The van der Waals surface area contributed by atoms with E-state index in [0.717, 1.165) is 5.56 Å². The van der Waals surface area contributed by atoms with Crippen LogP contribution in [0.3, 0.4) is 0 Å². The summed E-state index contributed by atoms with van der Waals surface area (Å²) < 4.78 is 0. The number of benzene rings is 1. The van der Waals surface area contributed by atoms with Crippen molar-refractivity contribution >= 4 is 10.0 Å². The van der Waals surface area contributed by atoms with Crippen LogP contribution in [-0.2, 0) is 6.54 Å². The predicted octanol–water partition coefficient (Wildman–Crippen LogP) is -0.00130. The molecule has 0 amide bonds. The van der Waals surface area contributed by atoms with Crippen LogP contribution in [0.2, 0.25) is 0 Å². The summed E-state index contributed by atoms with van der Waals surface area (Å²) in [7, 11) is -0.760. The summed E-state index contributed by atoms with van der Waals surface area (Å²) >= 11 is 0. The Labute approximate surface area is 133 Å². The number of likely N-dealkylation sites (tertiary alicyclic amines) is 1. The number of piperidine rings is 1. The molecule has 0 saturated carbocycles. The smallest absolute Gasteiger partial charge is 0.109 e. The van der Waals surface area contributed by atoms with Gasteiger partial charge in [0, 0.05) is 13.1 Å². The molecule has 0 aliphatic carbocycles. The molecule has 0 spiro atoms. The Hall–Kier alpha value is -0.630. The lowest BCUT2D eigenvalue weighted by Gasteiger charge is -2.43. The molecule has 0 bridgehead atoms. The fourth-order valence-corrected chi connectivity index (χ4v) is 3.75. The van der Waals surface area contributed by atoms with Gasteiger partial charge in [-0.15, -0.1) is 0 Å². The number of β-amino-alcohol motifs (C(OH)–C–C–N with tert-alkyl or cyclic N) is 1. The molecule has 5 nitrogen and oxygen atoms in total. The van der Waals surface area contributed by atoms with Crippen LogP contribution in [0.1, 0.15) is 5.56 Å². The lowest BCUT2D eigenvalue weighted by Crippen LogP contribution is -2.62. The van der Waals surface area contributed by atoms with Crippen molar-refractivity contribution in [2.24, 2.45) is 0 Å². The summed E-state index contributed by atoms with van der Waals surface area (Å²) in [6.07, 6.45) is 3.36. The van der Waals surface area contributed by atoms with E-state index in [4.69, 9.17) is 0 Å². The number of hydrogen-bond acceptors (Lipinski definition) is 5. The third-order valence-electron chi connectivity index (χ3n) is 4.23. The fourth-order valence-electron chi connectivity index (χ4n) is 2.80. The second-order valence-electron chi connectivity index (χ2n) is 6.71. The van der Waals surface area contributed by atoms with E-state index in [0.29, 0.717) is 6.54 Å². The van der Waals surface area contributed by atoms with Crippen LogP contribution in [0.15, 0.2) is 29.2 Å². The standard InChI is InChI=1S/C16H27NO4S/c1-22(2,3)12-6-4-11(5-7-12)8-17-9-14(19)16(21)15(20)13(17)10-18/h4-7,13-16,18-21H,8-10H2,1-3H3/t13-,14+,15-,16-/m1/s1. The van der Waals surface area contributed by atoms with Gasteiger partial charge in [0.05, 0.1) is 18.8 Å². The van der Waals surface area contributed by atoms with Crippen LogP contribution in [-0.4, -0.2) is 81.6 Å². The molecule has 6 heteroatoms. The lowest BCUT2D eigenvalue weighted by molar-refractivity contribution is -0.147. The molecular weight excluding hydrogens is 302 g/mol. The third kappa shape index (κ3) is 3.82. The topological polar surface area (TPSA) is 84.2 Å². The van der Waals surface area contributed by atoms with E-state index in [-0.39, 0.29) is 13.2 Å². The van der Waals surface area contributed by atoms with Gasteiger partial charge in [-0.25, -0.2) is 10.0 Å². The van der Waals surface area contributed by atoms with Crippen LogP contribution >= 0.6 is 10.0 Å². The molecule has 1 saturated heterocycles. The molecule has 1 aliphatic heterocycles. The summed E-state index contributed by atoms with van der Waals surface area (Å²) in [4.78, 5) is 3.14. The Balaban J connectivity index is 2.11. The maximum absolute atomic E-state index is 10.00. The highest BCUT2D eigenvalue weighted by molar-refractivity contribution is 8.32. The van der Waals surface area contributed by atoms with Crippen molar-refractivity contribution in [3.63, 3.8) is 0 Å². The van der Waals surface area contributed by atoms with Gasteiger partial charge in [0.25, 0.3) is 0 Å². The van der Waals surface area contributed by atoms with E-state index in [2.05, 4.69) is 30.9 Å². The van der Waals surface area contributed by atoms with Gasteiger partial charge in [0.1, 0.15) is 12.2 Å². The Morgan fingerprint density at radius 2 is 1.64 bits per heavy atom. The Morgan fingerprint density at radius 3 is 2.14 bits per heavy atom. The summed E-state index contributed by atoms with van der Waals surface area (Å²) in [5.41, 5.74) is 1.06. The lowest BCUT2D eigenvalue weighted by atomic mass is 9.94. The molecule has 2 rings (SSSR count). The van der Waals surface area contributed by atoms with Gasteiger partial charge >= 0.3 is 0 Å². The average molecular weight is 329 g/mol. The Bertz CT molecular complexity index is 488. The van der Waals surface area contributed by atoms with E-state index in [1.807, 2.05) is 17.0 Å². The number of nitrogens with zero attached hydrogens (tertiary/aromatic N) is 1. The van der Waals surface area contributed by atoms with Gasteiger partial charge in [0.15, 0.2) is 0 Å². The third-order valence-corrected chi connectivity index (χ3v) is 5.92. The highest BCUT2D eigenvalue weighted by Crippen LogP contribution is 2.44. The molecular formula is C16H27NO4S. The zero-order valence-corrected chi connectivity index (χ0v) is 14.2. The molecule has 1 fully saturated rings. The maximum atomic E-state index is 10.00. The van der Waals surface area contributed by atoms with Crippen molar-refractivity contribution in [2.45, 2.75) is 35.8 Å². The molecule has 22 heavy (non-hydrogen) atoms. The van der Waals surface area contributed by atoms with Crippen LogP contribution < -0.4 is 0 Å². The number of aliphatic hydroxyl groups is 4.